The fraction of sp³-hybridized carbons (Fsp3) is 0.273. The summed E-state index contributed by atoms with van der Waals surface area (Å²) in [6.45, 7) is 0.846. The number of anilines is 1. The number of hydrogen-bond donors (Lipinski definition) is 3. The number of ether oxygens (including phenoxy) is 1. The molecule has 3 N–H and O–H groups in total. The molecule has 0 bridgehead atoms. The minimum absolute atomic E-state index is 0.0190. The average molecular weight is 265 g/mol. The van der Waals surface area contributed by atoms with E-state index in [9.17, 15) is 14.7 Å². The Morgan fingerprint density at radius 3 is 2.68 bits per heavy atom. The Kier molecular flexibility index (Phi) is 4.04. The van der Waals surface area contributed by atoms with Crippen molar-refractivity contribution in [3.63, 3.8) is 0 Å². The number of methoxy groups -OCH3 is 1. The fourth-order valence-corrected chi connectivity index (χ4v) is 1.10. The smallest absolute Gasteiger partial charge is 0.345 e. The number of nitrogens with one attached hydrogen (secondary N) is 1. The van der Waals surface area contributed by atoms with Gasteiger partial charge in [0.2, 0.25) is 5.60 Å². The highest BCUT2D eigenvalue weighted by atomic mass is 16.5. The lowest BCUT2D eigenvalue weighted by Crippen LogP contribution is -2.47. The van der Waals surface area contributed by atoms with Gasteiger partial charge in [-0.25, -0.2) is 9.78 Å². The number of carboxylic acids is 1. The number of rotatable bonds is 4. The second-order valence-corrected chi connectivity index (χ2v) is 3.72. The molecule has 0 fully saturated rings. The Hall–Kier alpha value is -2.66. The zero-order valence-electron chi connectivity index (χ0n) is 10.2. The molecular weight excluding hydrogens is 254 g/mol. The van der Waals surface area contributed by atoms with E-state index >= 15 is 0 Å². The molecular formula is C11H11N3O5. The zero-order valence-corrected chi connectivity index (χ0v) is 10.2. The lowest BCUT2D eigenvalue weighted by molar-refractivity contribution is -0.161. The number of aliphatic hydroxyl groups is 1. The first-order chi connectivity index (χ1) is 8.82. The molecule has 1 heterocycles. The summed E-state index contributed by atoms with van der Waals surface area (Å²) in [5, 5.41) is 29.0. The van der Waals surface area contributed by atoms with Gasteiger partial charge < -0.3 is 20.3 Å². The van der Waals surface area contributed by atoms with Crippen LogP contribution in [-0.4, -0.2) is 39.8 Å². The van der Waals surface area contributed by atoms with Crippen LogP contribution in [0.5, 0.6) is 5.75 Å². The summed E-state index contributed by atoms with van der Waals surface area (Å²) in [4.78, 5) is 26.0. The van der Waals surface area contributed by atoms with Crippen LogP contribution in [-0.2, 0) is 9.59 Å². The van der Waals surface area contributed by atoms with Crippen molar-refractivity contribution >= 4 is 17.6 Å². The number of carbonyl (C=O) groups excluding carboxylic acids is 1. The number of nitriles is 1. The van der Waals surface area contributed by atoms with E-state index in [0.717, 1.165) is 13.1 Å². The van der Waals surface area contributed by atoms with Gasteiger partial charge in [0, 0.05) is 6.07 Å². The minimum atomic E-state index is -2.57. The van der Waals surface area contributed by atoms with Crippen molar-refractivity contribution in [3.05, 3.63) is 18.0 Å². The van der Waals surface area contributed by atoms with E-state index in [1.165, 1.54) is 13.2 Å². The second-order valence-electron chi connectivity index (χ2n) is 3.72. The zero-order chi connectivity index (χ0) is 14.6. The lowest BCUT2D eigenvalue weighted by atomic mass is 10.1. The molecule has 0 aliphatic carbocycles. The molecule has 0 aliphatic heterocycles. The normalized spacial score (nSPS) is 12.9. The Bertz CT molecular complexity index is 562. The van der Waals surface area contributed by atoms with Crippen LogP contribution < -0.4 is 10.1 Å². The van der Waals surface area contributed by atoms with Gasteiger partial charge in [0.25, 0.3) is 5.91 Å². The third kappa shape index (κ3) is 2.97. The Balaban J connectivity index is 2.99. The van der Waals surface area contributed by atoms with Gasteiger partial charge in [0.15, 0.2) is 11.4 Å². The highest BCUT2D eigenvalue weighted by molar-refractivity contribution is 6.10. The number of carbonyl (C=O) groups is 2. The average Bonchev–Trinajstić information content (AvgIpc) is 2.38. The molecule has 100 valence electrons. The van der Waals surface area contributed by atoms with Gasteiger partial charge in [0.1, 0.15) is 6.07 Å². The summed E-state index contributed by atoms with van der Waals surface area (Å²) in [5.74, 6) is -2.69. The van der Waals surface area contributed by atoms with Gasteiger partial charge in [-0.1, -0.05) is 0 Å². The van der Waals surface area contributed by atoms with Crippen LogP contribution in [0, 0.1) is 11.3 Å². The number of amides is 1. The molecule has 0 aliphatic rings. The summed E-state index contributed by atoms with van der Waals surface area (Å²) >= 11 is 0. The lowest BCUT2D eigenvalue weighted by Gasteiger charge is -2.17. The summed E-state index contributed by atoms with van der Waals surface area (Å²) < 4.78 is 4.88. The van der Waals surface area contributed by atoms with Crippen molar-refractivity contribution in [1.29, 1.82) is 5.26 Å². The highest BCUT2D eigenvalue weighted by Crippen LogP contribution is 2.20. The number of aliphatic carboxylic acids is 1. The molecule has 1 amide bonds. The summed E-state index contributed by atoms with van der Waals surface area (Å²) in [6, 6.07) is 3.08. The molecule has 1 aromatic rings. The van der Waals surface area contributed by atoms with Crippen LogP contribution in [0.25, 0.3) is 0 Å². The largest absolute Gasteiger partial charge is 0.494 e. The van der Waals surface area contributed by atoms with Crippen molar-refractivity contribution in [3.8, 4) is 11.8 Å². The van der Waals surface area contributed by atoms with Gasteiger partial charge in [-0.05, 0) is 6.92 Å². The van der Waals surface area contributed by atoms with E-state index in [4.69, 9.17) is 15.1 Å². The third-order valence-electron chi connectivity index (χ3n) is 2.29. The van der Waals surface area contributed by atoms with Gasteiger partial charge in [-0.15, -0.1) is 0 Å². The monoisotopic (exact) mass is 265 g/mol. The van der Waals surface area contributed by atoms with Crippen LogP contribution in [0.1, 0.15) is 12.6 Å². The molecule has 1 rings (SSSR count). The third-order valence-corrected chi connectivity index (χ3v) is 2.29. The Labute approximate surface area is 108 Å². The first-order valence-corrected chi connectivity index (χ1v) is 5.04. The summed E-state index contributed by atoms with van der Waals surface area (Å²) in [5.41, 5.74) is -2.45. The molecule has 0 saturated carbocycles. The van der Waals surface area contributed by atoms with Gasteiger partial charge >= 0.3 is 5.97 Å². The maximum absolute atomic E-state index is 11.6. The molecule has 8 nitrogen and oxygen atoms in total. The van der Waals surface area contributed by atoms with Gasteiger partial charge in [-0.2, -0.15) is 5.26 Å². The second kappa shape index (κ2) is 5.32. The molecule has 1 unspecified atom stereocenters. The summed E-state index contributed by atoms with van der Waals surface area (Å²) in [6.07, 6.45) is 1.15. The maximum Gasteiger partial charge on any atom is 0.345 e. The minimum Gasteiger partial charge on any atom is -0.494 e. The van der Waals surface area contributed by atoms with Crippen LogP contribution in [0.3, 0.4) is 0 Å². The Morgan fingerprint density at radius 1 is 1.58 bits per heavy atom. The molecule has 0 radical (unpaired) electrons. The topological polar surface area (TPSA) is 133 Å². The van der Waals surface area contributed by atoms with Crippen LogP contribution >= 0.6 is 0 Å². The molecule has 0 saturated heterocycles. The molecule has 0 aromatic carbocycles. The number of nitrogens with zero attached hydrogens (tertiary/aromatic N) is 2. The number of aromatic nitrogens is 1. The summed E-state index contributed by atoms with van der Waals surface area (Å²) in [7, 11) is 1.32. The number of pyridine rings is 1. The van der Waals surface area contributed by atoms with Crippen LogP contribution in [0.2, 0.25) is 0 Å². The van der Waals surface area contributed by atoms with Crippen LogP contribution in [0.4, 0.5) is 5.69 Å². The molecule has 1 aromatic heterocycles. The number of carboxylic acid groups (broad SMARTS) is 1. The Morgan fingerprint density at radius 2 is 2.21 bits per heavy atom. The first kappa shape index (κ1) is 14.4. The molecule has 8 heteroatoms. The fourth-order valence-electron chi connectivity index (χ4n) is 1.10. The van der Waals surface area contributed by atoms with E-state index in [1.807, 2.05) is 0 Å². The van der Waals surface area contributed by atoms with Crippen molar-refractivity contribution in [2.24, 2.45) is 0 Å². The van der Waals surface area contributed by atoms with E-state index in [2.05, 4.69) is 10.3 Å². The van der Waals surface area contributed by atoms with Crippen molar-refractivity contribution < 1.29 is 24.5 Å². The van der Waals surface area contributed by atoms with E-state index in [0.29, 0.717) is 0 Å². The van der Waals surface area contributed by atoms with Gasteiger partial charge in [-0.3, -0.25) is 4.79 Å². The van der Waals surface area contributed by atoms with Crippen LogP contribution in [0.15, 0.2) is 12.3 Å². The highest BCUT2D eigenvalue weighted by Gasteiger charge is 2.39. The molecule has 19 heavy (non-hydrogen) atoms. The first-order valence-electron chi connectivity index (χ1n) is 5.04. The standard InChI is InChI=1S/C11H11N3O5/c1-11(18,10(16)17)9(15)14-6-3-8(19-2)7(4-12)13-5-6/h3,5,18H,1-2H3,(H,14,15)(H,16,17). The van der Waals surface area contributed by atoms with Crippen molar-refractivity contribution in [2.45, 2.75) is 12.5 Å². The number of hydrogen-bond acceptors (Lipinski definition) is 6. The molecule has 0 spiro atoms. The quantitative estimate of drug-likeness (QED) is 0.638. The van der Waals surface area contributed by atoms with Crippen molar-refractivity contribution in [2.75, 3.05) is 12.4 Å². The van der Waals surface area contributed by atoms with Crippen molar-refractivity contribution in [1.82, 2.24) is 4.98 Å². The molecule has 1 atom stereocenters. The van der Waals surface area contributed by atoms with E-state index < -0.39 is 17.5 Å². The SMILES string of the molecule is COc1cc(NC(=O)C(C)(O)C(=O)O)cnc1C#N. The predicted molar refractivity (Wildman–Crippen MR) is 62.4 cm³/mol. The van der Waals surface area contributed by atoms with E-state index in [-0.39, 0.29) is 17.1 Å². The van der Waals surface area contributed by atoms with Gasteiger partial charge in [0.05, 0.1) is 19.0 Å². The predicted octanol–water partition coefficient (Wildman–Crippen LogP) is -0.264. The van der Waals surface area contributed by atoms with E-state index in [1.54, 1.807) is 6.07 Å². The maximum atomic E-state index is 11.6.